The molecule has 0 unspecified atom stereocenters. The molecule has 0 saturated carbocycles. The molecule has 3 aromatic carbocycles. The minimum Gasteiger partial charge on any atom is -0.493 e. The van der Waals surface area contributed by atoms with E-state index in [9.17, 15) is 4.79 Å². The monoisotopic (exact) mass is 443 g/mol. The minimum atomic E-state index is -0.105. The van der Waals surface area contributed by atoms with Crippen molar-refractivity contribution in [2.45, 2.75) is 25.9 Å². The molecule has 0 spiro atoms. The molecule has 5 heteroatoms. The van der Waals surface area contributed by atoms with Gasteiger partial charge in [0.1, 0.15) is 5.75 Å². The third kappa shape index (κ3) is 5.37. The molecule has 172 valence electrons. The maximum Gasteiger partial charge on any atom is 0.255 e. The fourth-order valence-corrected chi connectivity index (χ4v) is 4.46. The normalized spacial score (nSPS) is 14.3. The summed E-state index contributed by atoms with van der Waals surface area (Å²) in [6.07, 6.45) is 1.02. The van der Waals surface area contributed by atoms with Crippen molar-refractivity contribution < 1.29 is 9.53 Å². The number of carbonyl (C=O) groups excluding carboxylic acids is 1. The van der Waals surface area contributed by atoms with Gasteiger partial charge in [-0.25, -0.2) is 0 Å². The first kappa shape index (κ1) is 22.9. The smallest absolute Gasteiger partial charge is 0.255 e. The van der Waals surface area contributed by atoms with Gasteiger partial charge >= 0.3 is 0 Å². The van der Waals surface area contributed by atoms with Gasteiger partial charge in [0.05, 0.1) is 18.2 Å². The van der Waals surface area contributed by atoms with Gasteiger partial charge < -0.3 is 15.0 Å². The molecule has 0 aliphatic carbocycles. The number of carbonyl (C=O) groups is 1. The standard InChI is InChI=1S/C28H33N3O2/c1-4-33-27-12-8-7-11-25(27)28(32)29-19-26(22-13-15-24(16-14-22)30(2)3)31-18-17-21-9-5-6-10-23(21)20-31/h5-16,26H,4,17-20H2,1-3H3,(H,29,32)/t26-/m1/s1. The largest absolute Gasteiger partial charge is 0.493 e. The van der Waals surface area contributed by atoms with Crippen LogP contribution in [-0.2, 0) is 13.0 Å². The highest BCUT2D eigenvalue weighted by Crippen LogP contribution is 2.29. The van der Waals surface area contributed by atoms with Gasteiger partial charge in [0.15, 0.2) is 0 Å². The second kappa shape index (κ2) is 10.5. The van der Waals surface area contributed by atoms with Crippen LogP contribution in [0.25, 0.3) is 0 Å². The van der Waals surface area contributed by atoms with E-state index in [0.717, 1.165) is 25.2 Å². The molecule has 4 rings (SSSR count). The van der Waals surface area contributed by atoms with Crippen molar-refractivity contribution in [3.8, 4) is 5.75 Å². The van der Waals surface area contributed by atoms with E-state index < -0.39 is 0 Å². The predicted octanol–water partition coefficient (Wildman–Crippen LogP) is 4.68. The molecular formula is C28H33N3O2. The van der Waals surface area contributed by atoms with Gasteiger partial charge in [-0.1, -0.05) is 48.5 Å². The summed E-state index contributed by atoms with van der Waals surface area (Å²) in [5.41, 5.74) is 5.73. The Morgan fingerprint density at radius 1 is 1.00 bits per heavy atom. The summed E-state index contributed by atoms with van der Waals surface area (Å²) >= 11 is 0. The number of ether oxygens (including phenoxy) is 1. The number of para-hydroxylation sites is 1. The summed E-state index contributed by atoms with van der Waals surface area (Å²) in [7, 11) is 4.09. The molecule has 1 heterocycles. The second-order valence-electron chi connectivity index (χ2n) is 8.63. The summed E-state index contributed by atoms with van der Waals surface area (Å²) in [5, 5.41) is 3.18. The van der Waals surface area contributed by atoms with E-state index >= 15 is 0 Å². The Bertz CT molecular complexity index is 1080. The third-order valence-electron chi connectivity index (χ3n) is 6.28. The first-order chi connectivity index (χ1) is 16.1. The van der Waals surface area contributed by atoms with Crippen molar-refractivity contribution in [1.29, 1.82) is 0 Å². The Labute approximate surface area is 197 Å². The molecule has 5 nitrogen and oxygen atoms in total. The van der Waals surface area contributed by atoms with Crippen LogP contribution in [0.2, 0.25) is 0 Å². The number of fused-ring (bicyclic) bond motifs is 1. The van der Waals surface area contributed by atoms with Crippen LogP contribution < -0.4 is 15.0 Å². The van der Waals surface area contributed by atoms with Crippen LogP contribution in [0.5, 0.6) is 5.75 Å². The van der Waals surface area contributed by atoms with Crippen molar-refractivity contribution in [1.82, 2.24) is 10.2 Å². The lowest BCUT2D eigenvalue weighted by Crippen LogP contribution is -2.40. The molecular weight excluding hydrogens is 410 g/mol. The number of amides is 1. The van der Waals surface area contributed by atoms with Crippen LogP contribution in [0.1, 0.15) is 40.0 Å². The highest BCUT2D eigenvalue weighted by Gasteiger charge is 2.26. The Kier molecular flexibility index (Phi) is 7.30. The molecule has 33 heavy (non-hydrogen) atoms. The van der Waals surface area contributed by atoms with Gasteiger partial charge in [0.2, 0.25) is 0 Å². The molecule has 0 aromatic heterocycles. The number of hydrogen-bond donors (Lipinski definition) is 1. The van der Waals surface area contributed by atoms with Crippen LogP contribution in [0.15, 0.2) is 72.8 Å². The Hall–Kier alpha value is -3.31. The van der Waals surface area contributed by atoms with E-state index in [1.807, 2.05) is 45.3 Å². The van der Waals surface area contributed by atoms with Crippen LogP contribution >= 0.6 is 0 Å². The summed E-state index contributed by atoms with van der Waals surface area (Å²) < 4.78 is 5.66. The van der Waals surface area contributed by atoms with E-state index in [1.165, 1.54) is 16.7 Å². The Morgan fingerprint density at radius 2 is 1.70 bits per heavy atom. The zero-order valence-corrected chi connectivity index (χ0v) is 19.8. The Morgan fingerprint density at radius 3 is 2.42 bits per heavy atom. The molecule has 0 saturated heterocycles. The average molecular weight is 444 g/mol. The van der Waals surface area contributed by atoms with E-state index in [4.69, 9.17) is 4.74 Å². The van der Waals surface area contributed by atoms with Gasteiger partial charge in [0, 0.05) is 39.4 Å². The van der Waals surface area contributed by atoms with Crippen LogP contribution in [0, 0.1) is 0 Å². The molecule has 1 N–H and O–H groups in total. The van der Waals surface area contributed by atoms with Crippen molar-refractivity contribution in [3.05, 3.63) is 95.1 Å². The second-order valence-corrected chi connectivity index (χ2v) is 8.63. The molecule has 1 aliphatic heterocycles. The van der Waals surface area contributed by atoms with Gasteiger partial charge in [-0.05, 0) is 54.3 Å². The number of rotatable bonds is 8. The molecule has 0 radical (unpaired) electrons. The van der Waals surface area contributed by atoms with Crippen LogP contribution in [0.3, 0.4) is 0 Å². The number of nitrogens with zero attached hydrogens (tertiary/aromatic N) is 2. The lowest BCUT2D eigenvalue weighted by Gasteiger charge is -2.36. The Balaban J connectivity index is 1.56. The summed E-state index contributed by atoms with van der Waals surface area (Å²) in [6, 6.07) is 24.8. The molecule has 3 aromatic rings. The predicted molar refractivity (Wildman–Crippen MR) is 134 cm³/mol. The quantitative estimate of drug-likeness (QED) is 0.549. The SMILES string of the molecule is CCOc1ccccc1C(=O)NC[C@H](c1ccc(N(C)C)cc1)N1CCc2ccccc2C1. The molecule has 1 atom stereocenters. The van der Waals surface area contributed by atoms with Crippen molar-refractivity contribution >= 4 is 11.6 Å². The highest BCUT2D eigenvalue weighted by molar-refractivity contribution is 5.96. The van der Waals surface area contributed by atoms with Gasteiger partial charge in [0.25, 0.3) is 5.91 Å². The van der Waals surface area contributed by atoms with Crippen molar-refractivity contribution in [3.63, 3.8) is 0 Å². The van der Waals surface area contributed by atoms with E-state index in [1.54, 1.807) is 0 Å². The maximum absolute atomic E-state index is 13.1. The third-order valence-corrected chi connectivity index (χ3v) is 6.28. The zero-order valence-electron chi connectivity index (χ0n) is 19.8. The highest BCUT2D eigenvalue weighted by atomic mass is 16.5. The first-order valence-corrected chi connectivity index (χ1v) is 11.6. The average Bonchev–Trinajstić information content (AvgIpc) is 2.85. The molecule has 1 amide bonds. The van der Waals surface area contributed by atoms with E-state index in [2.05, 4.69) is 63.6 Å². The summed E-state index contributed by atoms with van der Waals surface area (Å²) in [6.45, 7) is 4.82. The lowest BCUT2D eigenvalue weighted by molar-refractivity contribution is 0.0924. The first-order valence-electron chi connectivity index (χ1n) is 11.6. The van der Waals surface area contributed by atoms with Gasteiger partial charge in [-0.3, -0.25) is 9.69 Å². The summed E-state index contributed by atoms with van der Waals surface area (Å²) in [4.78, 5) is 17.7. The summed E-state index contributed by atoms with van der Waals surface area (Å²) in [5.74, 6) is 0.516. The maximum atomic E-state index is 13.1. The van der Waals surface area contributed by atoms with Crippen molar-refractivity contribution in [2.24, 2.45) is 0 Å². The van der Waals surface area contributed by atoms with E-state index in [0.29, 0.717) is 24.5 Å². The van der Waals surface area contributed by atoms with Crippen molar-refractivity contribution in [2.75, 3.05) is 38.7 Å². The molecule has 1 aliphatic rings. The molecule has 0 bridgehead atoms. The fraction of sp³-hybridized carbons (Fsp3) is 0.321. The number of benzene rings is 3. The van der Waals surface area contributed by atoms with Gasteiger partial charge in [-0.2, -0.15) is 0 Å². The topological polar surface area (TPSA) is 44.8 Å². The fourth-order valence-electron chi connectivity index (χ4n) is 4.46. The minimum absolute atomic E-state index is 0.0813. The zero-order chi connectivity index (χ0) is 23.2. The number of anilines is 1. The van der Waals surface area contributed by atoms with E-state index in [-0.39, 0.29) is 11.9 Å². The lowest BCUT2D eigenvalue weighted by atomic mass is 9.96. The molecule has 0 fully saturated rings. The number of nitrogens with one attached hydrogen (secondary N) is 1. The van der Waals surface area contributed by atoms with Gasteiger partial charge in [-0.15, -0.1) is 0 Å². The number of hydrogen-bond acceptors (Lipinski definition) is 4. The van der Waals surface area contributed by atoms with Crippen LogP contribution in [-0.4, -0.2) is 44.6 Å². The van der Waals surface area contributed by atoms with Crippen LogP contribution in [0.4, 0.5) is 5.69 Å².